The fourth-order valence-corrected chi connectivity index (χ4v) is 2.65. The van der Waals surface area contributed by atoms with Crippen LogP contribution in [-0.4, -0.2) is 15.1 Å². The minimum atomic E-state index is -0.483. The van der Waals surface area contributed by atoms with E-state index >= 15 is 0 Å². The molecule has 0 fully saturated rings. The summed E-state index contributed by atoms with van der Waals surface area (Å²) >= 11 is 9.37. The lowest BCUT2D eigenvalue weighted by Crippen LogP contribution is -1.96. The van der Waals surface area contributed by atoms with Crippen LogP contribution in [0.1, 0.15) is 5.89 Å². The Balaban J connectivity index is 1.74. The van der Waals surface area contributed by atoms with Gasteiger partial charge in [-0.2, -0.15) is 4.98 Å². The second kappa shape index (κ2) is 6.98. The second-order valence-corrected chi connectivity index (χ2v) is 6.01. The van der Waals surface area contributed by atoms with Crippen molar-refractivity contribution < 1.29 is 14.2 Å². The maximum atomic E-state index is 10.8. The van der Waals surface area contributed by atoms with Crippen molar-refractivity contribution in [2.45, 2.75) is 6.61 Å². The molecule has 0 aliphatic rings. The van der Waals surface area contributed by atoms with Crippen LogP contribution in [0.25, 0.3) is 11.4 Å². The highest BCUT2D eigenvalue weighted by atomic mass is 79.9. The molecular formula is C15H9BrClN3O4. The Hall–Kier alpha value is -2.45. The van der Waals surface area contributed by atoms with Crippen molar-refractivity contribution in [3.8, 4) is 17.1 Å². The lowest BCUT2D eigenvalue weighted by Gasteiger charge is -2.05. The molecule has 0 bridgehead atoms. The van der Waals surface area contributed by atoms with Crippen molar-refractivity contribution in [1.29, 1.82) is 0 Å². The zero-order valence-electron chi connectivity index (χ0n) is 12.0. The summed E-state index contributed by atoms with van der Waals surface area (Å²) in [6.45, 7) is 0.0310. The van der Waals surface area contributed by atoms with Crippen molar-refractivity contribution in [3.05, 3.63) is 68.0 Å². The highest BCUT2D eigenvalue weighted by Crippen LogP contribution is 2.28. The van der Waals surface area contributed by atoms with E-state index in [0.717, 1.165) is 4.47 Å². The smallest absolute Gasteiger partial charge is 0.270 e. The first-order valence-corrected chi connectivity index (χ1v) is 7.85. The Bertz CT molecular complexity index is 900. The van der Waals surface area contributed by atoms with E-state index in [9.17, 15) is 10.1 Å². The minimum Gasteiger partial charge on any atom is -0.482 e. The Labute approximate surface area is 149 Å². The molecule has 9 heteroatoms. The van der Waals surface area contributed by atoms with Crippen LogP contribution in [-0.2, 0) is 6.61 Å². The van der Waals surface area contributed by atoms with Gasteiger partial charge in [-0.15, -0.1) is 0 Å². The largest absolute Gasteiger partial charge is 0.482 e. The summed E-state index contributed by atoms with van der Waals surface area (Å²) in [7, 11) is 0. The number of rotatable bonds is 5. The molecule has 0 unspecified atom stereocenters. The summed E-state index contributed by atoms with van der Waals surface area (Å²) in [6, 6.07) is 11.2. The van der Waals surface area contributed by atoms with Crippen LogP contribution in [0, 0.1) is 10.1 Å². The van der Waals surface area contributed by atoms with Crippen LogP contribution >= 0.6 is 27.5 Å². The minimum absolute atomic E-state index is 0.0310. The first kappa shape index (κ1) is 16.4. The first-order valence-electron chi connectivity index (χ1n) is 6.68. The van der Waals surface area contributed by atoms with Gasteiger partial charge in [-0.05, 0) is 18.2 Å². The van der Waals surface area contributed by atoms with Gasteiger partial charge in [-0.1, -0.05) is 44.8 Å². The number of benzene rings is 2. The molecule has 0 N–H and O–H groups in total. The van der Waals surface area contributed by atoms with E-state index in [0.29, 0.717) is 16.3 Å². The van der Waals surface area contributed by atoms with Gasteiger partial charge >= 0.3 is 0 Å². The average Bonchev–Trinajstić information content (AvgIpc) is 3.03. The van der Waals surface area contributed by atoms with Gasteiger partial charge in [0.25, 0.3) is 11.6 Å². The van der Waals surface area contributed by atoms with E-state index in [1.54, 1.807) is 30.3 Å². The zero-order chi connectivity index (χ0) is 17.1. The van der Waals surface area contributed by atoms with Gasteiger partial charge in [-0.25, -0.2) is 0 Å². The Morgan fingerprint density at radius 3 is 2.88 bits per heavy atom. The van der Waals surface area contributed by atoms with E-state index in [1.165, 1.54) is 12.1 Å². The molecule has 0 spiro atoms. The van der Waals surface area contributed by atoms with E-state index in [2.05, 4.69) is 26.1 Å². The van der Waals surface area contributed by atoms with Crippen molar-refractivity contribution >= 4 is 33.2 Å². The predicted molar refractivity (Wildman–Crippen MR) is 89.9 cm³/mol. The van der Waals surface area contributed by atoms with Crippen LogP contribution in [0.4, 0.5) is 5.69 Å². The summed E-state index contributed by atoms with van der Waals surface area (Å²) < 4.78 is 11.5. The molecule has 0 aliphatic heterocycles. The lowest BCUT2D eigenvalue weighted by atomic mass is 10.2. The molecule has 24 heavy (non-hydrogen) atoms. The standard InChI is InChI=1S/C15H9BrClN3O4/c16-10-4-5-13(12(17)7-10)23-8-14-18-15(19-24-14)9-2-1-3-11(6-9)20(21)22/h1-7H,8H2. The zero-order valence-corrected chi connectivity index (χ0v) is 14.3. The molecule has 0 saturated carbocycles. The quantitative estimate of drug-likeness (QED) is 0.449. The number of non-ortho nitro benzene ring substituents is 1. The first-order chi connectivity index (χ1) is 11.5. The highest BCUT2D eigenvalue weighted by molar-refractivity contribution is 9.10. The van der Waals surface area contributed by atoms with Crippen LogP contribution in [0.5, 0.6) is 5.75 Å². The third kappa shape index (κ3) is 3.72. The number of hydrogen-bond acceptors (Lipinski definition) is 6. The van der Waals surface area contributed by atoms with Crippen LogP contribution < -0.4 is 4.74 Å². The molecule has 0 radical (unpaired) electrons. The van der Waals surface area contributed by atoms with Gasteiger partial charge in [0.15, 0.2) is 6.61 Å². The molecule has 0 saturated heterocycles. The van der Waals surface area contributed by atoms with Crippen LogP contribution in [0.2, 0.25) is 5.02 Å². The summed E-state index contributed by atoms with van der Waals surface area (Å²) in [5.41, 5.74) is 0.442. The third-order valence-corrected chi connectivity index (χ3v) is 3.82. The number of nitro groups is 1. The van der Waals surface area contributed by atoms with Gasteiger partial charge in [-0.3, -0.25) is 10.1 Å². The molecule has 0 amide bonds. The fraction of sp³-hybridized carbons (Fsp3) is 0.0667. The third-order valence-electron chi connectivity index (χ3n) is 3.03. The molecule has 7 nitrogen and oxygen atoms in total. The lowest BCUT2D eigenvalue weighted by molar-refractivity contribution is -0.384. The average molecular weight is 411 g/mol. The second-order valence-electron chi connectivity index (χ2n) is 4.68. The summed E-state index contributed by atoms with van der Waals surface area (Å²) in [6.07, 6.45) is 0. The molecule has 0 aliphatic carbocycles. The van der Waals surface area contributed by atoms with Crippen molar-refractivity contribution in [2.75, 3.05) is 0 Å². The number of nitrogens with zero attached hydrogens (tertiary/aromatic N) is 3. The van der Waals surface area contributed by atoms with Crippen LogP contribution in [0.3, 0.4) is 0 Å². The Kier molecular flexibility index (Phi) is 4.77. The van der Waals surface area contributed by atoms with E-state index in [4.69, 9.17) is 20.9 Å². The van der Waals surface area contributed by atoms with Gasteiger partial charge in [0.2, 0.25) is 5.82 Å². The number of aromatic nitrogens is 2. The van der Waals surface area contributed by atoms with Gasteiger partial charge < -0.3 is 9.26 Å². The van der Waals surface area contributed by atoms with Crippen molar-refractivity contribution in [1.82, 2.24) is 10.1 Å². The highest BCUT2D eigenvalue weighted by Gasteiger charge is 2.13. The maximum Gasteiger partial charge on any atom is 0.270 e. The fourth-order valence-electron chi connectivity index (χ4n) is 1.92. The molecular weight excluding hydrogens is 402 g/mol. The molecule has 3 rings (SSSR count). The molecule has 1 heterocycles. The molecule has 3 aromatic rings. The van der Waals surface area contributed by atoms with E-state index in [1.807, 2.05) is 0 Å². The molecule has 1 aromatic heterocycles. The normalized spacial score (nSPS) is 10.6. The Morgan fingerprint density at radius 1 is 1.29 bits per heavy atom. The summed E-state index contributed by atoms with van der Waals surface area (Å²) in [5, 5.41) is 15.1. The SMILES string of the molecule is O=[N+]([O-])c1cccc(-c2noc(COc3ccc(Br)cc3Cl)n2)c1. The predicted octanol–water partition coefficient (Wildman–Crippen LogP) is 4.64. The Morgan fingerprint density at radius 2 is 2.12 bits per heavy atom. The maximum absolute atomic E-state index is 10.8. The van der Waals surface area contributed by atoms with E-state index < -0.39 is 4.92 Å². The number of hydrogen-bond donors (Lipinski definition) is 0. The molecule has 0 atom stereocenters. The van der Waals surface area contributed by atoms with E-state index in [-0.39, 0.29) is 24.0 Å². The number of halogens is 2. The van der Waals surface area contributed by atoms with Gasteiger partial charge in [0.05, 0.1) is 9.95 Å². The number of ether oxygens (including phenoxy) is 1. The monoisotopic (exact) mass is 409 g/mol. The molecule has 122 valence electrons. The summed E-state index contributed by atoms with van der Waals surface area (Å²) in [4.78, 5) is 14.5. The topological polar surface area (TPSA) is 91.3 Å². The van der Waals surface area contributed by atoms with Gasteiger partial charge in [0, 0.05) is 22.2 Å². The van der Waals surface area contributed by atoms with Gasteiger partial charge in [0.1, 0.15) is 5.75 Å². The summed E-state index contributed by atoms with van der Waals surface area (Å²) in [5.74, 6) is 0.963. The van der Waals surface area contributed by atoms with Crippen LogP contribution in [0.15, 0.2) is 51.5 Å². The molecule has 2 aromatic carbocycles. The van der Waals surface area contributed by atoms with Crippen molar-refractivity contribution in [2.24, 2.45) is 0 Å². The van der Waals surface area contributed by atoms with Crippen molar-refractivity contribution in [3.63, 3.8) is 0 Å². The number of nitro benzene ring substituents is 1.